The number of para-hydroxylation sites is 1. The van der Waals surface area contributed by atoms with E-state index in [1.54, 1.807) is 24.3 Å². The Balaban J connectivity index is 1.73. The molecule has 0 aliphatic rings. The van der Waals surface area contributed by atoms with Crippen LogP contribution in [0.5, 0.6) is 5.75 Å². The molecule has 0 spiro atoms. The molecule has 24 heavy (non-hydrogen) atoms. The van der Waals surface area contributed by atoms with Crippen molar-refractivity contribution < 1.29 is 14.3 Å². The van der Waals surface area contributed by atoms with Gasteiger partial charge in [0, 0.05) is 18.0 Å². The zero-order valence-corrected chi connectivity index (χ0v) is 13.9. The standard InChI is InChI=1S/C15H13ClN4O3S/c16-11-3-1-2-4-12(11)23-9-13(21)18-15(24)20-19-14(22)10-5-7-17-8-6-10/h1-8H,9H2,(H,19,22)(H2,18,20,21,24). The van der Waals surface area contributed by atoms with E-state index in [9.17, 15) is 9.59 Å². The molecule has 0 saturated heterocycles. The van der Waals surface area contributed by atoms with Crippen molar-refractivity contribution in [3.05, 3.63) is 59.4 Å². The van der Waals surface area contributed by atoms with Crippen molar-refractivity contribution in [2.24, 2.45) is 0 Å². The third-order valence-corrected chi connectivity index (χ3v) is 3.20. The highest BCUT2D eigenvalue weighted by Gasteiger charge is 2.09. The molecule has 3 N–H and O–H groups in total. The number of ether oxygens (including phenoxy) is 1. The second-order valence-corrected chi connectivity index (χ2v) is 5.23. The molecule has 9 heteroatoms. The number of nitrogens with one attached hydrogen (secondary N) is 3. The first kappa shape index (κ1) is 17.6. The van der Waals surface area contributed by atoms with E-state index < -0.39 is 11.8 Å². The number of benzene rings is 1. The van der Waals surface area contributed by atoms with Gasteiger partial charge in [-0.15, -0.1) is 0 Å². The normalized spacial score (nSPS) is 9.71. The monoisotopic (exact) mass is 364 g/mol. The largest absolute Gasteiger partial charge is 0.482 e. The van der Waals surface area contributed by atoms with Crippen LogP contribution in [-0.2, 0) is 4.79 Å². The van der Waals surface area contributed by atoms with Gasteiger partial charge in [-0.05, 0) is 36.5 Å². The van der Waals surface area contributed by atoms with Crippen molar-refractivity contribution in [3.8, 4) is 5.75 Å². The third-order valence-electron chi connectivity index (χ3n) is 2.68. The molecular formula is C15H13ClN4O3S. The summed E-state index contributed by atoms with van der Waals surface area (Å²) in [4.78, 5) is 27.3. The van der Waals surface area contributed by atoms with Crippen LogP contribution in [0.25, 0.3) is 0 Å². The minimum absolute atomic E-state index is 0.0647. The Morgan fingerprint density at radius 3 is 2.54 bits per heavy atom. The van der Waals surface area contributed by atoms with Gasteiger partial charge in [-0.25, -0.2) is 0 Å². The van der Waals surface area contributed by atoms with Crippen LogP contribution in [0.4, 0.5) is 0 Å². The van der Waals surface area contributed by atoms with Gasteiger partial charge in [-0.1, -0.05) is 23.7 Å². The molecule has 0 aliphatic carbocycles. The van der Waals surface area contributed by atoms with Crippen LogP contribution in [0.15, 0.2) is 48.8 Å². The van der Waals surface area contributed by atoms with Crippen LogP contribution in [0.2, 0.25) is 5.02 Å². The molecule has 1 heterocycles. The fraction of sp³-hybridized carbons (Fsp3) is 0.0667. The molecule has 0 aliphatic heterocycles. The highest BCUT2D eigenvalue weighted by atomic mass is 35.5. The van der Waals surface area contributed by atoms with E-state index in [2.05, 4.69) is 21.2 Å². The number of pyridine rings is 1. The molecule has 0 saturated carbocycles. The summed E-state index contributed by atoms with van der Waals surface area (Å²) < 4.78 is 5.27. The lowest BCUT2D eigenvalue weighted by atomic mass is 10.3. The van der Waals surface area contributed by atoms with Gasteiger partial charge in [0.15, 0.2) is 11.7 Å². The van der Waals surface area contributed by atoms with Crippen LogP contribution in [0.1, 0.15) is 10.4 Å². The Bertz CT molecular complexity index is 743. The first-order chi connectivity index (χ1) is 11.6. The summed E-state index contributed by atoms with van der Waals surface area (Å²) in [5.41, 5.74) is 5.17. The summed E-state index contributed by atoms with van der Waals surface area (Å²) in [5.74, 6) is -0.522. The van der Waals surface area contributed by atoms with Crippen LogP contribution < -0.4 is 20.9 Å². The summed E-state index contributed by atoms with van der Waals surface area (Å²) in [6.07, 6.45) is 2.97. The average Bonchev–Trinajstić information content (AvgIpc) is 2.59. The van der Waals surface area contributed by atoms with E-state index in [1.165, 1.54) is 24.5 Å². The minimum atomic E-state index is -0.495. The molecule has 2 amide bonds. The first-order valence-electron chi connectivity index (χ1n) is 6.74. The molecule has 0 unspecified atom stereocenters. The zero-order chi connectivity index (χ0) is 17.4. The fourth-order valence-electron chi connectivity index (χ4n) is 1.59. The van der Waals surface area contributed by atoms with E-state index in [0.29, 0.717) is 16.3 Å². The number of amides is 2. The van der Waals surface area contributed by atoms with Gasteiger partial charge in [-0.3, -0.25) is 30.7 Å². The van der Waals surface area contributed by atoms with Crippen molar-refractivity contribution in [1.29, 1.82) is 0 Å². The molecular weight excluding hydrogens is 352 g/mol. The Kier molecular flexibility index (Phi) is 6.47. The predicted molar refractivity (Wildman–Crippen MR) is 92.5 cm³/mol. The van der Waals surface area contributed by atoms with Crippen LogP contribution in [0, 0.1) is 0 Å². The predicted octanol–water partition coefficient (Wildman–Crippen LogP) is 1.45. The van der Waals surface area contributed by atoms with Gasteiger partial charge >= 0.3 is 0 Å². The summed E-state index contributed by atoms with van der Waals surface area (Å²) in [6, 6.07) is 9.85. The lowest BCUT2D eigenvalue weighted by Gasteiger charge is -2.11. The van der Waals surface area contributed by atoms with Crippen LogP contribution in [0.3, 0.4) is 0 Å². The molecule has 1 aromatic heterocycles. The van der Waals surface area contributed by atoms with Gasteiger partial charge < -0.3 is 4.74 Å². The van der Waals surface area contributed by atoms with Crippen molar-refractivity contribution >= 4 is 40.7 Å². The molecule has 1 aromatic carbocycles. The van der Waals surface area contributed by atoms with Crippen LogP contribution >= 0.6 is 23.8 Å². The number of carbonyl (C=O) groups is 2. The number of aromatic nitrogens is 1. The Labute approximate surface area is 148 Å². The third kappa shape index (κ3) is 5.49. The number of carbonyl (C=O) groups excluding carboxylic acids is 2. The van der Waals surface area contributed by atoms with Crippen molar-refractivity contribution in [3.63, 3.8) is 0 Å². The van der Waals surface area contributed by atoms with Gasteiger partial charge in [0.1, 0.15) is 5.75 Å². The lowest BCUT2D eigenvalue weighted by Crippen LogP contribution is -2.49. The average molecular weight is 365 g/mol. The SMILES string of the molecule is O=C(COc1ccccc1Cl)NC(=S)NNC(=O)c1ccncc1. The number of hydrogen-bond donors (Lipinski definition) is 3. The van der Waals surface area contributed by atoms with Crippen molar-refractivity contribution in [2.75, 3.05) is 6.61 Å². The number of rotatable bonds is 4. The van der Waals surface area contributed by atoms with E-state index in [1.807, 2.05) is 0 Å². The Morgan fingerprint density at radius 2 is 1.83 bits per heavy atom. The maximum Gasteiger partial charge on any atom is 0.269 e. The van der Waals surface area contributed by atoms with Crippen LogP contribution in [-0.4, -0.2) is 28.5 Å². The summed E-state index contributed by atoms with van der Waals surface area (Å²) >= 11 is 10.8. The van der Waals surface area contributed by atoms with E-state index >= 15 is 0 Å². The van der Waals surface area contributed by atoms with Gasteiger partial charge in [0.05, 0.1) is 5.02 Å². The second kappa shape index (κ2) is 8.80. The molecule has 7 nitrogen and oxygen atoms in total. The quantitative estimate of drug-likeness (QED) is 0.561. The maximum atomic E-state index is 11.8. The highest BCUT2D eigenvalue weighted by Crippen LogP contribution is 2.22. The summed E-state index contributed by atoms with van der Waals surface area (Å²) in [7, 11) is 0. The van der Waals surface area contributed by atoms with E-state index in [4.69, 9.17) is 28.6 Å². The zero-order valence-electron chi connectivity index (χ0n) is 12.3. The second-order valence-electron chi connectivity index (χ2n) is 4.41. The lowest BCUT2D eigenvalue weighted by molar-refractivity contribution is -0.121. The van der Waals surface area contributed by atoms with E-state index in [-0.39, 0.29) is 11.7 Å². The summed E-state index contributed by atoms with van der Waals surface area (Å²) in [6.45, 7) is -0.274. The number of thiocarbonyl (C=S) groups is 1. The topological polar surface area (TPSA) is 92.4 Å². The van der Waals surface area contributed by atoms with Gasteiger partial charge in [0.2, 0.25) is 0 Å². The number of hydrogen-bond acceptors (Lipinski definition) is 5. The van der Waals surface area contributed by atoms with E-state index in [0.717, 1.165) is 0 Å². The molecule has 0 fully saturated rings. The number of nitrogens with zero attached hydrogens (tertiary/aromatic N) is 1. The smallest absolute Gasteiger partial charge is 0.269 e. The molecule has 0 atom stereocenters. The number of hydrazine groups is 1. The number of halogens is 1. The molecule has 0 radical (unpaired) electrons. The minimum Gasteiger partial charge on any atom is -0.482 e. The Morgan fingerprint density at radius 1 is 1.12 bits per heavy atom. The molecule has 2 aromatic rings. The molecule has 0 bridgehead atoms. The van der Waals surface area contributed by atoms with Gasteiger partial charge in [-0.2, -0.15) is 0 Å². The van der Waals surface area contributed by atoms with Crippen molar-refractivity contribution in [1.82, 2.24) is 21.2 Å². The highest BCUT2D eigenvalue weighted by molar-refractivity contribution is 7.80. The molecule has 124 valence electrons. The van der Waals surface area contributed by atoms with Gasteiger partial charge in [0.25, 0.3) is 11.8 Å². The molecule has 2 rings (SSSR count). The fourth-order valence-corrected chi connectivity index (χ4v) is 1.94. The Hall–Kier alpha value is -2.71. The summed E-state index contributed by atoms with van der Waals surface area (Å²) in [5, 5.41) is 2.70. The maximum absolute atomic E-state index is 11.8. The van der Waals surface area contributed by atoms with Crippen molar-refractivity contribution in [2.45, 2.75) is 0 Å². The first-order valence-corrected chi connectivity index (χ1v) is 7.52.